The van der Waals surface area contributed by atoms with E-state index in [1.165, 1.54) is 12.3 Å². The lowest BCUT2D eigenvalue weighted by Crippen LogP contribution is -2.52. The molecule has 6 nitrogen and oxygen atoms in total. The van der Waals surface area contributed by atoms with Crippen molar-refractivity contribution in [2.24, 2.45) is 0 Å². The lowest BCUT2D eigenvalue weighted by atomic mass is 9.91. The first-order valence-electron chi connectivity index (χ1n) is 5.65. The van der Waals surface area contributed by atoms with Crippen LogP contribution >= 0.6 is 11.6 Å². The zero-order chi connectivity index (χ0) is 13.1. The molecule has 98 valence electrons. The number of hydrogen-bond acceptors (Lipinski definition) is 5. The van der Waals surface area contributed by atoms with Crippen LogP contribution in [-0.4, -0.2) is 34.1 Å². The summed E-state index contributed by atoms with van der Waals surface area (Å²) in [5.41, 5.74) is 0. The normalized spacial score (nSPS) is 26.4. The molecule has 1 heterocycles. The average Bonchev–Trinajstić information content (AvgIpc) is 2.36. The van der Waals surface area contributed by atoms with Gasteiger partial charge in [0.15, 0.2) is 0 Å². The topological polar surface area (TPSA) is 74.5 Å². The van der Waals surface area contributed by atoms with E-state index in [4.69, 9.17) is 21.1 Å². The number of ether oxygens (including phenoxy) is 2. The van der Waals surface area contributed by atoms with Crippen LogP contribution in [0.2, 0.25) is 0 Å². The maximum Gasteiger partial charge on any atom is 0.406 e. The Morgan fingerprint density at radius 2 is 2.44 bits per heavy atom. The summed E-state index contributed by atoms with van der Waals surface area (Å²) < 4.78 is 11.0. The van der Waals surface area contributed by atoms with Crippen molar-refractivity contribution in [2.45, 2.75) is 30.9 Å². The molecular weight excluding hydrogens is 260 g/mol. The molecular formula is C11H13ClN2O4. The van der Waals surface area contributed by atoms with Crippen LogP contribution < -0.4 is 4.74 Å². The fourth-order valence-corrected chi connectivity index (χ4v) is 2.23. The van der Waals surface area contributed by atoms with Crippen LogP contribution in [0, 0.1) is 10.1 Å². The van der Waals surface area contributed by atoms with Gasteiger partial charge >= 0.3 is 5.82 Å². The van der Waals surface area contributed by atoms with Crippen molar-refractivity contribution in [1.29, 1.82) is 0 Å². The number of rotatable bonds is 5. The molecule has 0 saturated heterocycles. The minimum absolute atomic E-state index is 0.106. The molecule has 1 aliphatic carbocycles. The third-order valence-corrected chi connectivity index (χ3v) is 3.17. The molecule has 0 amide bonds. The quantitative estimate of drug-likeness (QED) is 0.466. The van der Waals surface area contributed by atoms with Gasteiger partial charge in [-0.15, -0.1) is 11.6 Å². The van der Waals surface area contributed by atoms with Crippen molar-refractivity contribution >= 4 is 17.4 Å². The Hall–Kier alpha value is -1.40. The highest BCUT2D eigenvalue weighted by Gasteiger charge is 2.43. The third kappa shape index (κ3) is 2.54. The Labute approximate surface area is 109 Å². The van der Waals surface area contributed by atoms with Crippen molar-refractivity contribution in [3.05, 3.63) is 28.4 Å². The minimum Gasteiger partial charge on any atom is -0.479 e. The van der Waals surface area contributed by atoms with E-state index >= 15 is 0 Å². The van der Waals surface area contributed by atoms with Gasteiger partial charge < -0.3 is 19.6 Å². The van der Waals surface area contributed by atoms with Crippen molar-refractivity contribution in [3.8, 4) is 5.75 Å². The fraction of sp³-hybridized carbons (Fsp3) is 0.545. The highest BCUT2D eigenvalue weighted by Crippen LogP contribution is 2.35. The Morgan fingerprint density at radius 3 is 3.06 bits per heavy atom. The van der Waals surface area contributed by atoms with Crippen LogP contribution in [0.3, 0.4) is 0 Å². The molecule has 0 aliphatic heterocycles. The predicted octanol–water partition coefficient (Wildman–Crippen LogP) is 2.15. The molecule has 1 aromatic heterocycles. The van der Waals surface area contributed by atoms with Crippen molar-refractivity contribution < 1.29 is 14.4 Å². The Balaban J connectivity index is 2.08. The molecule has 0 spiro atoms. The van der Waals surface area contributed by atoms with Crippen LogP contribution in [-0.2, 0) is 4.74 Å². The minimum atomic E-state index is -0.568. The Kier molecular flexibility index (Phi) is 3.98. The molecule has 0 N–H and O–H groups in total. The molecule has 0 radical (unpaired) electrons. The van der Waals surface area contributed by atoms with Crippen LogP contribution in [0.15, 0.2) is 18.3 Å². The lowest BCUT2D eigenvalue weighted by Gasteiger charge is -2.40. The number of aromatic nitrogens is 1. The molecule has 1 fully saturated rings. The second kappa shape index (κ2) is 5.49. The van der Waals surface area contributed by atoms with Gasteiger partial charge in [0.2, 0.25) is 5.75 Å². The van der Waals surface area contributed by atoms with Gasteiger partial charge in [0.1, 0.15) is 18.4 Å². The van der Waals surface area contributed by atoms with Gasteiger partial charge in [0.05, 0.1) is 5.38 Å². The summed E-state index contributed by atoms with van der Waals surface area (Å²) in [6.45, 7) is 2.40. The van der Waals surface area contributed by atoms with Gasteiger partial charge in [-0.05, 0) is 29.0 Å². The van der Waals surface area contributed by atoms with Gasteiger partial charge in [-0.25, -0.2) is 0 Å². The summed E-state index contributed by atoms with van der Waals surface area (Å²) in [4.78, 5) is 13.9. The third-order valence-electron chi connectivity index (χ3n) is 2.74. The van der Waals surface area contributed by atoms with Crippen LogP contribution in [0.25, 0.3) is 0 Å². The van der Waals surface area contributed by atoms with E-state index in [0.717, 1.165) is 0 Å². The highest BCUT2D eigenvalue weighted by molar-refractivity contribution is 6.21. The summed E-state index contributed by atoms with van der Waals surface area (Å²) in [6.07, 6.45) is 1.49. The number of halogens is 1. The van der Waals surface area contributed by atoms with Gasteiger partial charge in [-0.1, -0.05) is 0 Å². The number of nitro groups is 1. The molecule has 1 aliphatic rings. The monoisotopic (exact) mass is 272 g/mol. The predicted molar refractivity (Wildman–Crippen MR) is 65.0 cm³/mol. The van der Waals surface area contributed by atoms with Gasteiger partial charge in [0.25, 0.3) is 0 Å². The Bertz CT molecular complexity index is 443. The standard InChI is InChI=1S/C11H13ClN2O4/c1-2-17-10-7(12)6-9(10)18-8-4-3-5-13-11(8)14(15)16/h3-5,7,9-10H,2,6H2,1H3. The summed E-state index contributed by atoms with van der Waals surface area (Å²) in [5, 5.41) is 10.7. The van der Waals surface area contributed by atoms with E-state index in [1.54, 1.807) is 6.07 Å². The summed E-state index contributed by atoms with van der Waals surface area (Å²) in [5.74, 6) is -0.133. The van der Waals surface area contributed by atoms with Gasteiger partial charge in [-0.2, -0.15) is 0 Å². The zero-order valence-corrected chi connectivity index (χ0v) is 10.5. The van der Waals surface area contributed by atoms with Crippen molar-refractivity contribution in [3.63, 3.8) is 0 Å². The summed E-state index contributed by atoms with van der Waals surface area (Å²) in [6, 6.07) is 3.12. The fourth-order valence-electron chi connectivity index (χ4n) is 1.82. The smallest absolute Gasteiger partial charge is 0.406 e. The van der Waals surface area contributed by atoms with Crippen molar-refractivity contribution in [2.75, 3.05) is 6.61 Å². The lowest BCUT2D eigenvalue weighted by molar-refractivity contribution is -0.391. The van der Waals surface area contributed by atoms with E-state index in [1.807, 2.05) is 6.92 Å². The number of pyridine rings is 1. The first-order valence-corrected chi connectivity index (χ1v) is 6.09. The largest absolute Gasteiger partial charge is 0.479 e. The molecule has 3 atom stereocenters. The molecule has 18 heavy (non-hydrogen) atoms. The molecule has 0 aromatic carbocycles. The summed E-state index contributed by atoms with van der Waals surface area (Å²) >= 11 is 6.00. The van der Waals surface area contributed by atoms with Gasteiger partial charge in [-0.3, -0.25) is 0 Å². The molecule has 0 bridgehead atoms. The molecule has 7 heteroatoms. The molecule has 2 rings (SSSR count). The maximum absolute atomic E-state index is 10.8. The van der Waals surface area contributed by atoms with Crippen molar-refractivity contribution in [1.82, 2.24) is 4.98 Å². The van der Waals surface area contributed by atoms with E-state index in [0.29, 0.717) is 13.0 Å². The second-order valence-electron chi connectivity index (χ2n) is 3.91. The molecule has 3 unspecified atom stereocenters. The van der Waals surface area contributed by atoms with Crippen LogP contribution in [0.1, 0.15) is 13.3 Å². The van der Waals surface area contributed by atoms with E-state index in [-0.39, 0.29) is 29.2 Å². The Morgan fingerprint density at radius 1 is 1.67 bits per heavy atom. The highest BCUT2D eigenvalue weighted by atomic mass is 35.5. The molecule has 1 saturated carbocycles. The van der Waals surface area contributed by atoms with Gasteiger partial charge in [0, 0.05) is 13.0 Å². The molecule has 1 aromatic rings. The average molecular weight is 273 g/mol. The number of nitrogens with zero attached hydrogens (tertiary/aromatic N) is 2. The summed E-state index contributed by atoms with van der Waals surface area (Å²) in [7, 11) is 0. The van der Waals surface area contributed by atoms with E-state index < -0.39 is 4.92 Å². The SMILES string of the molecule is CCOC1C(Cl)CC1Oc1cccnc1[N+](=O)[O-]. The maximum atomic E-state index is 10.8. The van der Waals surface area contributed by atoms with Crippen LogP contribution in [0.4, 0.5) is 5.82 Å². The zero-order valence-electron chi connectivity index (χ0n) is 9.78. The first kappa shape index (κ1) is 13.0. The number of alkyl halides is 1. The number of hydrogen-bond donors (Lipinski definition) is 0. The second-order valence-corrected chi connectivity index (χ2v) is 4.47. The van der Waals surface area contributed by atoms with E-state index in [2.05, 4.69) is 4.98 Å². The first-order chi connectivity index (χ1) is 8.63. The van der Waals surface area contributed by atoms with E-state index in [9.17, 15) is 10.1 Å². The van der Waals surface area contributed by atoms with Crippen LogP contribution in [0.5, 0.6) is 5.75 Å².